The van der Waals surface area contributed by atoms with Gasteiger partial charge in [-0.3, -0.25) is 0 Å². The molecule has 1 aliphatic carbocycles. The molecule has 3 heteroatoms. The van der Waals surface area contributed by atoms with Gasteiger partial charge in [0.15, 0.2) is 0 Å². The van der Waals surface area contributed by atoms with E-state index in [0.29, 0.717) is 17.2 Å². The summed E-state index contributed by atoms with van der Waals surface area (Å²) in [6.45, 7) is 7.65. The Balaban J connectivity index is 1.94. The second kappa shape index (κ2) is 8.12. The third kappa shape index (κ3) is 3.77. The number of benzene rings is 3. The van der Waals surface area contributed by atoms with E-state index in [4.69, 9.17) is 9.47 Å². The molecule has 0 N–H and O–H groups in total. The summed E-state index contributed by atoms with van der Waals surface area (Å²) in [4.78, 5) is 12.4. The molecule has 0 saturated carbocycles. The maximum Gasteiger partial charge on any atom is 0.338 e. The number of fused-ring (bicyclic) bond motifs is 2. The first-order valence-corrected chi connectivity index (χ1v) is 10.3. The van der Waals surface area contributed by atoms with Crippen molar-refractivity contribution in [1.29, 1.82) is 0 Å². The molecule has 0 amide bonds. The van der Waals surface area contributed by atoms with Crippen molar-refractivity contribution < 1.29 is 14.3 Å². The fourth-order valence-electron chi connectivity index (χ4n) is 4.07. The van der Waals surface area contributed by atoms with Crippen LogP contribution in [0.15, 0.2) is 66.7 Å². The molecule has 0 aromatic heterocycles. The van der Waals surface area contributed by atoms with E-state index in [0.717, 1.165) is 59.1 Å². The van der Waals surface area contributed by atoms with Gasteiger partial charge in [-0.1, -0.05) is 62.4 Å². The van der Waals surface area contributed by atoms with Crippen LogP contribution in [-0.4, -0.2) is 5.97 Å². The van der Waals surface area contributed by atoms with Gasteiger partial charge in [-0.2, -0.15) is 0 Å². The number of ether oxygens (including phenoxy) is 2. The highest BCUT2D eigenvalue weighted by molar-refractivity contribution is 5.99. The predicted molar refractivity (Wildman–Crippen MR) is 117 cm³/mol. The van der Waals surface area contributed by atoms with E-state index in [1.165, 1.54) is 0 Å². The highest BCUT2D eigenvalue weighted by atomic mass is 16.5. The van der Waals surface area contributed by atoms with Gasteiger partial charge in [0.2, 0.25) is 0 Å². The zero-order valence-electron chi connectivity index (χ0n) is 17.0. The number of carbonyl (C=O) groups excluding carboxylic acids is 1. The van der Waals surface area contributed by atoms with Gasteiger partial charge >= 0.3 is 5.97 Å². The number of hydrogen-bond acceptors (Lipinski definition) is 3. The fourth-order valence-corrected chi connectivity index (χ4v) is 4.07. The van der Waals surface area contributed by atoms with Crippen LogP contribution in [0.5, 0.6) is 17.2 Å². The van der Waals surface area contributed by atoms with Crippen molar-refractivity contribution in [3.05, 3.63) is 77.9 Å². The zero-order valence-corrected chi connectivity index (χ0v) is 17.0. The van der Waals surface area contributed by atoms with Gasteiger partial charge in [0.1, 0.15) is 17.2 Å². The highest BCUT2D eigenvalue weighted by Crippen LogP contribution is 2.47. The molecule has 0 radical (unpaired) electrons. The van der Waals surface area contributed by atoms with Crippen LogP contribution in [0, 0.1) is 5.92 Å². The molecule has 3 aromatic rings. The number of carbonyl (C=O) groups is 1. The van der Waals surface area contributed by atoms with Gasteiger partial charge in [-0.15, -0.1) is 0 Å². The third-order valence-electron chi connectivity index (χ3n) is 5.71. The Hall–Kier alpha value is -3.07. The van der Waals surface area contributed by atoms with E-state index < -0.39 is 0 Å². The van der Waals surface area contributed by atoms with E-state index in [-0.39, 0.29) is 5.97 Å². The van der Waals surface area contributed by atoms with Gasteiger partial charge < -0.3 is 9.47 Å². The number of esters is 1. The molecule has 0 spiro atoms. The van der Waals surface area contributed by atoms with Gasteiger partial charge in [0, 0.05) is 27.5 Å². The maximum atomic E-state index is 12.4. The molecule has 29 heavy (non-hydrogen) atoms. The number of para-hydroxylation sites is 1. The Morgan fingerprint density at radius 3 is 2.31 bits per heavy atom. The normalized spacial score (nSPS) is 15.6. The molecule has 3 aromatic carbocycles. The van der Waals surface area contributed by atoms with E-state index in [1.54, 1.807) is 6.92 Å². The van der Waals surface area contributed by atoms with Gasteiger partial charge in [-0.05, 0) is 44.2 Å². The van der Waals surface area contributed by atoms with Crippen LogP contribution >= 0.6 is 0 Å². The largest absolute Gasteiger partial charge is 0.456 e. The van der Waals surface area contributed by atoms with Gasteiger partial charge in [0.05, 0.1) is 0 Å². The van der Waals surface area contributed by atoms with E-state index in [9.17, 15) is 4.79 Å². The molecule has 3 nitrogen and oxygen atoms in total. The van der Waals surface area contributed by atoms with Crippen LogP contribution in [0.1, 0.15) is 37.8 Å². The second-order valence-electron chi connectivity index (χ2n) is 7.76. The molecular weight excluding hydrogens is 360 g/mol. The summed E-state index contributed by atoms with van der Waals surface area (Å²) >= 11 is 0. The first kappa shape index (κ1) is 19.3. The molecule has 1 unspecified atom stereocenters. The number of rotatable bonds is 5. The van der Waals surface area contributed by atoms with E-state index in [1.807, 2.05) is 54.6 Å². The van der Waals surface area contributed by atoms with Gasteiger partial charge in [-0.25, -0.2) is 4.79 Å². The fraction of sp³-hybridized carbons (Fsp3) is 0.269. The molecule has 0 heterocycles. The second-order valence-corrected chi connectivity index (χ2v) is 7.76. The van der Waals surface area contributed by atoms with Crippen LogP contribution in [-0.2, 0) is 17.6 Å². The summed E-state index contributed by atoms with van der Waals surface area (Å²) in [5.74, 6) is 2.56. The molecule has 0 fully saturated rings. The molecule has 0 aliphatic heterocycles. The van der Waals surface area contributed by atoms with Crippen LogP contribution < -0.4 is 9.47 Å². The smallest absolute Gasteiger partial charge is 0.338 e. The van der Waals surface area contributed by atoms with Gasteiger partial charge in [0.25, 0.3) is 0 Å². The van der Waals surface area contributed by atoms with Crippen LogP contribution in [0.2, 0.25) is 0 Å². The summed E-state index contributed by atoms with van der Waals surface area (Å²) in [6.07, 6.45) is 4.02. The van der Waals surface area contributed by atoms with Crippen molar-refractivity contribution in [3.63, 3.8) is 0 Å². The minimum absolute atomic E-state index is 0.382. The minimum Gasteiger partial charge on any atom is -0.456 e. The van der Waals surface area contributed by atoms with Crippen molar-refractivity contribution >= 4 is 16.7 Å². The average molecular weight is 386 g/mol. The van der Waals surface area contributed by atoms with Crippen LogP contribution in [0.4, 0.5) is 0 Å². The zero-order chi connectivity index (χ0) is 20.4. The lowest BCUT2D eigenvalue weighted by molar-refractivity contribution is -0.130. The average Bonchev–Trinajstić information content (AvgIpc) is 2.76. The Labute approximate surface area is 172 Å². The Morgan fingerprint density at radius 2 is 1.66 bits per heavy atom. The van der Waals surface area contributed by atoms with E-state index in [2.05, 4.69) is 13.5 Å². The predicted octanol–water partition coefficient (Wildman–Crippen LogP) is 6.63. The SMILES string of the molecule is C=C(C)C(=O)Oc1c2c(c(Oc3ccccc3)c3ccccc13)CCC(CC)C2. The monoisotopic (exact) mass is 386 g/mol. The van der Waals surface area contributed by atoms with Crippen molar-refractivity contribution in [2.24, 2.45) is 5.92 Å². The lowest BCUT2D eigenvalue weighted by Gasteiger charge is -2.29. The molecule has 0 bridgehead atoms. The Morgan fingerprint density at radius 1 is 1.00 bits per heavy atom. The molecule has 1 aliphatic rings. The quantitative estimate of drug-likeness (QED) is 0.280. The molecule has 1 atom stereocenters. The summed E-state index contributed by atoms with van der Waals surface area (Å²) in [6, 6.07) is 17.9. The van der Waals surface area contributed by atoms with Crippen molar-refractivity contribution in [2.75, 3.05) is 0 Å². The van der Waals surface area contributed by atoms with Crippen molar-refractivity contribution in [3.8, 4) is 17.2 Å². The molecule has 148 valence electrons. The lowest BCUT2D eigenvalue weighted by Crippen LogP contribution is -2.18. The first-order chi connectivity index (χ1) is 14.1. The summed E-state index contributed by atoms with van der Waals surface area (Å²) in [5, 5.41) is 1.87. The lowest BCUT2D eigenvalue weighted by atomic mass is 9.80. The Bertz CT molecular complexity index is 1070. The first-order valence-electron chi connectivity index (χ1n) is 10.3. The maximum absolute atomic E-state index is 12.4. The Kier molecular flexibility index (Phi) is 5.39. The minimum atomic E-state index is -0.382. The van der Waals surface area contributed by atoms with Crippen LogP contribution in [0.3, 0.4) is 0 Å². The topological polar surface area (TPSA) is 35.5 Å². The van der Waals surface area contributed by atoms with E-state index >= 15 is 0 Å². The van der Waals surface area contributed by atoms with Crippen molar-refractivity contribution in [2.45, 2.75) is 39.5 Å². The molecule has 4 rings (SSSR count). The molecular formula is C26H26O3. The molecule has 0 saturated heterocycles. The summed E-state index contributed by atoms with van der Waals surface area (Å²) < 4.78 is 12.3. The van der Waals surface area contributed by atoms with Crippen LogP contribution in [0.25, 0.3) is 10.8 Å². The standard InChI is InChI=1S/C26H26O3/c1-4-18-14-15-22-23(16-18)25(29-26(27)17(2)3)21-13-9-8-12-20(21)24(22)28-19-10-6-5-7-11-19/h5-13,18H,2,4,14-16H2,1,3H3. The highest BCUT2D eigenvalue weighted by Gasteiger charge is 2.28. The summed E-state index contributed by atoms with van der Waals surface area (Å²) in [5.41, 5.74) is 2.65. The summed E-state index contributed by atoms with van der Waals surface area (Å²) in [7, 11) is 0. The third-order valence-corrected chi connectivity index (χ3v) is 5.71. The van der Waals surface area contributed by atoms with Crippen molar-refractivity contribution in [1.82, 2.24) is 0 Å². The number of hydrogen-bond donors (Lipinski definition) is 0.